The molecule has 0 unspecified atom stereocenters. The second-order valence-corrected chi connectivity index (χ2v) is 2.30. The highest BCUT2D eigenvalue weighted by atomic mass is 15.5. The number of hydrogen-bond donors (Lipinski definition) is 0. The van der Waals surface area contributed by atoms with E-state index in [1.807, 2.05) is 13.8 Å². The fraction of sp³-hybridized carbons (Fsp3) is 0.500. The molecule has 4 heteroatoms. The van der Waals surface area contributed by atoms with Gasteiger partial charge in [0.25, 0.3) is 0 Å². The van der Waals surface area contributed by atoms with E-state index >= 15 is 0 Å². The summed E-state index contributed by atoms with van der Waals surface area (Å²) in [6, 6.07) is 0.294. The zero-order valence-corrected chi connectivity index (χ0v) is 6.15. The molecule has 54 valence electrons. The molecule has 0 aromatic carbocycles. The normalized spacial score (nSPS) is 17.1. The Balaban J connectivity index is 2.70. The Bertz CT molecular complexity index is 192. The van der Waals surface area contributed by atoms with Crippen LogP contribution in [0.2, 0.25) is 0 Å². The van der Waals surface area contributed by atoms with Crippen molar-refractivity contribution in [1.29, 1.82) is 0 Å². The first-order valence-electron chi connectivity index (χ1n) is 3.13. The molecule has 0 spiro atoms. The Morgan fingerprint density at radius 1 is 1.60 bits per heavy atom. The van der Waals surface area contributed by atoms with Gasteiger partial charge in [-0.1, -0.05) is 6.58 Å². The van der Waals surface area contributed by atoms with E-state index in [4.69, 9.17) is 0 Å². The highest BCUT2D eigenvalue weighted by Gasteiger charge is 2.10. The molecule has 0 aromatic heterocycles. The maximum absolute atomic E-state index is 3.96. The van der Waals surface area contributed by atoms with E-state index in [1.54, 1.807) is 5.01 Å². The molecule has 1 aliphatic heterocycles. The second-order valence-electron chi connectivity index (χ2n) is 2.30. The van der Waals surface area contributed by atoms with Crippen LogP contribution in [0, 0.1) is 0 Å². The predicted molar refractivity (Wildman–Crippen MR) is 39.5 cm³/mol. The number of hydrogen-bond acceptors (Lipinski definition) is 4. The molecule has 0 fully saturated rings. The third kappa shape index (κ3) is 1.21. The lowest BCUT2D eigenvalue weighted by Crippen LogP contribution is -2.24. The molecule has 0 radical (unpaired) electrons. The zero-order valence-electron chi connectivity index (χ0n) is 6.15. The van der Waals surface area contributed by atoms with E-state index in [1.165, 1.54) is 6.34 Å². The Kier molecular flexibility index (Phi) is 1.80. The number of hydrazone groups is 1. The summed E-state index contributed by atoms with van der Waals surface area (Å²) in [4.78, 5) is 0. The van der Waals surface area contributed by atoms with Gasteiger partial charge in [0.05, 0.1) is 0 Å². The lowest BCUT2D eigenvalue weighted by atomic mass is 10.4. The van der Waals surface area contributed by atoms with Crippen molar-refractivity contribution in [2.75, 3.05) is 0 Å². The van der Waals surface area contributed by atoms with Gasteiger partial charge in [0.1, 0.15) is 0 Å². The van der Waals surface area contributed by atoms with Crippen LogP contribution in [0.15, 0.2) is 27.7 Å². The van der Waals surface area contributed by atoms with Crippen LogP contribution in [0.4, 0.5) is 0 Å². The number of rotatable bonds is 1. The lowest BCUT2D eigenvalue weighted by Gasteiger charge is -2.22. The molecule has 0 N–H and O–H groups in total. The van der Waals surface area contributed by atoms with E-state index in [0.717, 1.165) is 0 Å². The van der Waals surface area contributed by atoms with Crippen molar-refractivity contribution in [3.63, 3.8) is 0 Å². The SMILES string of the molecule is C=C1N=NC=NN1C(C)C. The van der Waals surface area contributed by atoms with Gasteiger partial charge in [-0.3, -0.25) is 0 Å². The fourth-order valence-corrected chi connectivity index (χ4v) is 0.715. The van der Waals surface area contributed by atoms with Gasteiger partial charge in [-0.25, -0.2) is 5.01 Å². The maximum atomic E-state index is 3.96. The third-order valence-corrected chi connectivity index (χ3v) is 1.15. The first-order valence-corrected chi connectivity index (χ1v) is 3.13. The monoisotopic (exact) mass is 138 g/mol. The van der Waals surface area contributed by atoms with Gasteiger partial charge in [-0.15, -0.1) is 10.2 Å². The number of nitrogens with zero attached hydrogens (tertiary/aromatic N) is 4. The van der Waals surface area contributed by atoms with Crippen LogP contribution in [0.1, 0.15) is 13.8 Å². The standard InChI is InChI=1S/C6H10N4/c1-5(2)10-6(3)9-7-4-8-10/h4-5H,3H2,1-2H3. The van der Waals surface area contributed by atoms with Gasteiger partial charge < -0.3 is 0 Å². The fourth-order valence-electron chi connectivity index (χ4n) is 0.715. The molecular formula is C6H10N4. The first-order chi connectivity index (χ1) is 4.72. The van der Waals surface area contributed by atoms with Crippen LogP contribution in [0.5, 0.6) is 0 Å². The summed E-state index contributed by atoms with van der Waals surface area (Å²) in [5.41, 5.74) is 0. The molecule has 0 saturated heterocycles. The van der Waals surface area contributed by atoms with Gasteiger partial charge in [-0.05, 0) is 13.8 Å². The van der Waals surface area contributed by atoms with Crippen LogP contribution in [0.25, 0.3) is 0 Å². The first kappa shape index (κ1) is 6.92. The lowest BCUT2D eigenvalue weighted by molar-refractivity contribution is 0.290. The minimum Gasteiger partial charge on any atom is -0.243 e. The molecule has 0 atom stereocenters. The van der Waals surface area contributed by atoms with E-state index in [2.05, 4.69) is 21.9 Å². The Morgan fingerprint density at radius 3 is 2.70 bits per heavy atom. The van der Waals surface area contributed by atoms with Crippen molar-refractivity contribution in [2.24, 2.45) is 15.3 Å². The predicted octanol–water partition coefficient (Wildman–Crippen LogP) is 1.58. The van der Waals surface area contributed by atoms with Gasteiger partial charge in [0.2, 0.25) is 0 Å². The number of azo groups is 1. The largest absolute Gasteiger partial charge is 0.243 e. The highest BCUT2D eigenvalue weighted by Crippen LogP contribution is 2.11. The Hall–Kier alpha value is -1.19. The topological polar surface area (TPSA) is 40.3 Å². The minimum atomic E-state index is 0.294. The Morgan fingerprint density at radius 2 is 2.30 bits per heavy atom. The van der Waals surface area contributed by atoms with Crippen LogP contribution < -0.4 is 0 Å². The van der Waals surface area contributed by atoms with Crippen molar-refractivity contribution in [3.8, 4) is 0 Å². The summed E-state index contributed by atoms with van der Waals surface area (Å²) in [7, 11) is 0. The summed E-state index contributed by atoms with van der Waals surface area (Å²) in [6.07, 6.45) is 1.41. The molecule has 1 heterocycles. The summed E-state index contributed by atoms with van der Waals surface area (Å²) < 4.78 is 0. The average molecular weight is 138 g/mol. The molecule has 10 heavy (non-hydrogen) atoms. The molecule has 1 aliphatic rings. The van der Waals surface area contributed by atoms with Gasteiger partial charge >= 0.3 is 0 Å². The van der Waals surface area contributed by atoms with Crippen LogP contribution in [-0.4, -0.2) is 17.4 Å². The minimum absolute atomic E-state index is 0.294. The van der Waals surface area contributed by atoms with Gasteiger partial charge in [0.15, 0.2) is 12.2 Å². The molecule has 0 bridgehead atoms. The molecule has 1 rings (SSSR count). The van der Waals surface area contributed by atoms with E-state index in [9.17, 15) is 0 Å². The van der Waals surface area contributed by atoms with Crippen LogP contribution in [0.3, 0.4) is 0 Å². The molecule has 0 saturated carbocycles. The molecule has 0 amide bonds. The molecular weight excluding hydrogens is 128 g/mol. The highest BCUT2D eigenvalue weighted by molar-refractivity contribution is 5.55. The van der Waals surface area contributed by atoms with E-state index in [-0.39, 0.29) is 0 Å². The van der Waals surface area contributed by atoms with E-state index < -0.39 is 0 Å². The third-order valence-electron chi connectivity index (χ3n) is 1.15. The van der Waals surface area contributed by atoms with Gasteiger partial charge in [-0.2, -0.15) is 5.10 Å². The van der Waals surface area contributed by atoms with Crippen molar-refractivity contribution < 1.29 is 0 Å². The quantitative estimate of drug-likeness (QED) is 0.542. The van der Waals surface area contributed by atoms with Crippen molar-refractivity contribution >= 4 is 6.34 Å². The second kappa shape index (κ2) is 2.60. The van der Waals surface area contributed by atoms with E-state index in [0.29, 0.717) is 11.9 Å². The smallest absolute Gasteiger partial charge is 0.164 e. The van der Waals surface area contributed by atoms with Crippen molar-refractivity contribution in [3.05, 3.63) is 12.4 Å². The summed E-state index contributed by atoms with van der Waals surface area (Å²) in [6.45, 7) is 7.70. The van der Waals surface area contributed by atoms with Crippen molar-refractivity contribution in [1.82, 2.24) is 5.01 Å². The summed E-state index contributed by atoms with van der Waals surface area (Å²) >= 11 is 0. The Labute approximate surface area is 59.9 Å². The average Bonchev–Trinajstić information content (AvgIpc) is 1.88. The summed E-state index contributed by atoms with van der Waals surface area (Å²) in [5.74, 6) is 0.595. The molecule has 0 aliphatic carbocycles. The summed E-state index contributed by atoms with van der Waals surface area (Å²) in [5, 5.41) is 13.0. The van der Waals surface area contributed by atoms with Crippen molar-refractivity contribution in [2.45, 2.75) is 19.9 Å². The van der Waals surface area contributed by atoms with Gasteiger partial charge in [0, 0.05) is 6.04 Å². The molecule has 0 aromatic rings. The maximum Gasteiger partial charge on any atom is 0.164 e. The van der Waals surface area contributed by atoms with Crippen LogP contribution in [-0.2, 0) is 0 Å². The zero-order chi connectivity index (χ0) is 7.56. The molecule has 4 nitrogen and oxygen atoms in total. The van der Waals surface area contributed by atoms with Crippen LogP contribution >= 0.6 is 0 Å².